The van der Waals surface area contributed by atoms with E-state index in [0.29, 0.717) is 25.4 Å². The van der Waals surface area contributed by atoms with Crippen LogP contribution < -0.4 is 20.7 Å². The SMILES string of the molecule is CCNC(=O)COc1cccc(CN=C(NCC)NC(C)COC)c1. The van der Waals surface area contributed by atoms with Crippen molar-refractivity contribution in [3.8, 4) is 5.75 Å². The second-order valence-corrected chi connectivity index (χ2v) is 5.59. The van der Waals surface area contributed by atoms with Gasteiger partial charge in [0.15, 0.2) is 12.6 Å². The summed E-state index contributed by atoms with van der Waals surface area (Å²) in [5.74, 6) is 1.27. The predicted molar refractivity (Wildman–Crippen MR) is 99.9 cm³/mol. The Morgan fingerprint density at radius 2 is 2.00 bits per heavy atom. The monoisotopic (exact) mass is 350 g/mol. The summed E-state index contributed by atoms with van der Waals surface area (Å²) in [6.45, 7) is 8.43. The van der Waals surface area contributed by atoms with Gasteiger partial charge >= 0.3 is 0 Å². The number of hydrogen-bond donors (Lipinski definition) is 3. The van der Waals surface area contributed by atoms with Gasteiger partial charge in [0.25, 0.3) is 5.91 Å². The highest BCUT2D eigenvalue weighted by Gasteiger charge is 2.05. The molecule has 0 spiro atoms. The van der Waals surface area contributed by atoms with Crippen LogP contribution in [0.1, 0.15) is 26.3 Å². The van der Waals surface area contributed by atoms with Crippen molar-refractivity contribution in [3.05, 3.63) is 29.8 Å². The van der Waals surface area contributed by atoms with E-state index in [4.69, 9.17) is 9.47 Å². The fourth-order valence-electron chi connectivity index (χ4n) is 2.15. The van der Waals surface area contributed by atoms with Crippen molar-refractivity contribution in [1.29, 1.82) is 0 Å². The number of benzene rings is 1. The van der Waals surface area contributed by atoms with E-state index in [1.807, 2.05) is 45.0 Å². The maximum atomic E-state index is 11.5. The highest BCUT2D eigenvalue weighted by molar-refractivity contribution is 5.80. The molecule has 0 radical (unpaired) electrons. The van der Waals surface area contributed by atoms with Crippen LogP contribution in [0.5, 0.6) is 5.75 Å². The van der Waals surface area contributed by atoms with Crippen LogP contribution in [-0.2, 0) is 16.1 Å². The average molecular weight is 350 g/mol. The van der Waals surface area contributed by atoms with E-state index in [1.165, 1.54) is 0 Å². The minimum absolute atomic E-state index is 0.0132. The van der Waals surface area contributed by atoms with Gasteiger partial charge in [0, 0.05) is 26.2 Å². The fourth-order valence-corrected chi connectivity index (χ4v) is 2.15. The van der Waals surface area contributed by atoms with Crippen LogP contribution in [0.4, 0.5) is 0 Å². The van der Waals surface area contributed by atoms with E-state index >= 15 is 0 Å². The lowest BCUT2D eigenvalue weighted by Gasteiger charge is -2.17. The molecule has 0 saturated heterocycles. The molecule has 140 valence electrons. The smallest absolute Gasteiger partial charge is 0.257 e. The summed E-state index contributed by atoms with van der Waals surface area (Å²) in [5, 5.41) is 9.20. The van der Waals surface area contributed by atoms with Crippen LogP contribution in [0.15, 0.2) is 29.3 Å². The van der Waals surface area contributed by atoms with Crippen LogP contribution >= 0.6 is 0 Å². The third-order valence-corrected chi connectivity index (χ3v) is 3.21. The maximum Gasteiger partial charge on any atom is 0.257 e. The zero-order valence-electron chi connectivity index (χ0n) is 15.6. The van der Waals surface area contributed by atoms with Crippen molar-refractivity contribution in [2.45, 2.75) is 33.4 Å². The Kier molecular flexibility index (Phi) is 10.1. The van der Waals surface area contributed by atoms with Gasteiger partial charge in [-0.2, -0.15) is 0 Å². The van der Waals surface area contributed by atoms with Gasteiger partial charge in [-0.15, -0.1) is 0 Å². The first kappa shape index (κ1) is 20.8. The molecular formula is C18H30N4O3. The molecule has 1 unspecified atom stereocenters. The summed E-state index contributed by atoms with van der Waals surface area (Å²) in [6, 6.07) is 7.76. The molecule has 0 fully saturated rings. The normalized spacial score (nSPS) is 12.4. The Hall–Kier alpha value is -2.28. The molecule has 0 bridgehead atoms. The van der Waals surface area contributed by atoms with Crippen LogP contribution in [0, 0.1) is 0 Å². The molecule has 1 rings (SSSR count). The third-order valence-electron chi connectivity index (χ3n) is 3.21. The van der Waals surface area contributed by atoms with Crippen LogP contribution in [0.25, 0.3) is 0 Å². The standard InChI is InChI=1S/C18H30N4O3/c1-5-19-17(23)13-25-16-9-7-8-15(10-16)11-21-18(20-6-2)22-14(3)12-24-4/h7-10,14H,5-6,11-13H2,1-4H3,(H,19,23)(H2,20,21,22). The zero-order chi connectivity index (χ0) is 18.5. The largest absolute Gasteiger partial charge is 0.484 e. The number of amides is 1. The number of carbonyl (C=O) groups excluding carboxylic acids is 1. The van der Waals surface area contributed by atoms with Crippen molar-refractivity contribution in [1.82, 2.24) is 16.0 Å². The zero-order valence-corrected chi connectivity index (χ0v) is 15.6. The van der Waals surface area contributed by atoms with E-state index in [1.54, 1.807) is 7.11 Å². The van der Waals surface area contributed by atoms with E-state index in [0.717, 1.165) is 18.1 Å². The number of rotatable bonds is 10. The third kappa shape index (κ3) is 8.95. The molecule has 7 nitrogen and oxygen atoms in total. The van der Waals surface area contributed by atoms with Gasteiger partial charge in [0.2, 0.25) is 0 Å². The van der Waals surface area contributed by atoms with Crippen LogP contribution in [0.2, 0.25) is 0 Å². The molecule has 7 heteroatoms. The summed E-state index contributed by atoms with van der Waals surface area (Å²) < 4.78 is 10.6. The summed E-state index contributed by atoms with van der Waals surface area (Å²) in [6.07, 6.45) is 0. The summed E-state index contributed by atoms with van der Waals surface area (Å²) in [5.41, 5.74) is 1.00. The van der Waals surface area contributed by atoms with Crippen molar-refractivity contribution < 1.29 is 14.3 Å². The van der Waals surface area contributed by atoms with E-state index in [9.17, 15) is 4.79 Å². The Morgan fingerprint density at radius 3 is 2.68 bits per heavy atom. The van der Waals surface area contributed by atoms with Gasteiger partial charge in [-0.25, -0.2) is 4.99 Å². The molecule has 0 aliphatic heterocycles. The van der Waals surface area contributed by atoms with Gasteiger partial charge in [0.1, 0.15) is 5.75 Å². The number of methoxy groups -OCH3 is 1. The Morgan fingerprint density at radius 1 is 1.24 bits per heavy atom. The molecule has 3 N–H and O–H groups in total. The second-order valence-electron chi connectivity index (χ2n) is 5.59. The van der Waals surface area contributed by atoms with Crippen molar-refractivity contribution >= 4 is 11.9 Å². The molecule has 1 atom stereocenters. The van der Waals surface area contributed by atoms with Crippen LogP contribution in [0.3, 0.4) is 0 Å². The maximum absolute atomic E-state index is 11.5. The number of carbonyl (C=O) groups is 1. The summed E-state index contributed by atoms with van der Waals surface area (Å²) in [7, 11) is 1.68. The Labute approximate surface area is 150 Å². The first-order chi connectivity index (χ1) is 12.1. The van der Waals surface area contributed by atoms with Crippen molar-refractivity contribution in [2.75, 3.05) is 33.4 Å². The quantitative estimate of drug-likeness (QED) is 0.437. The van der Waals surface area contributed by atoms with Gasteiger partial charge in [0.05, 0.1) is 13.2 Å². The lowest BCUT2D eigenvalue weighted by atomic mass is 10.2. The first-order valence-corrected chi connectivity index (χ1v) is 8.61. The highest BCUT2D eigenvalue weighted by Crippen LogP contribution is 2.14. The number of nitrogens with one attached hydrogen (secondary N) is 3. The number of likely N-dealkylation sites (N-methyl/N-ethyl adjacent to an activating group) is 1. The van der Waals surface area contributed by atoms with Gasteiger partial charge in [-0.3, -0.25) is 4.79 Å². The molecule has 0 aliphatic carbocycles. The first-order valence-electron chi connectivity index (χ1n) is 8.61. The molecule has 0 saturated carbocycles. The lowest BCUT2D eigenvalue weighted by Crippen LogP contribution is -2.43. The van der Waals surface area contributed by atoms with E-state index < -0.39 is 0 Å². The van der Waals surface area contributed by atoms with Crippen molar-refractivity contribution in [3.63, 3.8) is 0 Å². The van der Waals surface area contributed by atoms with Crippen LogP contribution in [-0.4, -0.2) is 51.3 Å². The number of guanidine groups is 1. The minimum atomic E-state index is -0.128. The average Bonchev–Trinajstić information content (AvgIpc) is 2.59. The molecule has 0 heterocycles. The van der Waals surface area contributed by atoms with Gasteiger partial charge in [-0.05, 0) is 38.5 Å². The molecule has 1 amide bonds. The van der Waals surface area contributed by atoms with E-state index in [-0.39, 0.29) is 18.6 Å². The van der Waals surface area contributed by atoms with Gasteiger partial charge in [-0.1, -0.05) is 12.1 Å². The number of aliphatic imine (C=N–C) groups is 1. The summed E-state index contributed by atoms with van der Waals surface area (Å²) in [4.78, 5) is 16.0. The van der Waals surface area contributed by atoms with Crippen molar-refractivity contribution in [2.24, 2.45) is 4.99 Å². The molecule has 0 aliphatic rings. The lowest BCUT2D eigenvalue weighted by molar-refractivity contribution is -0.122. The molecule has 25 heavy (non-hydrogen) atoms. The molecule has 1 aromatic carbocycles. The van der Waals surface area contributed by atoms with Gasteiger partial charge < -0.3 is 25.4 Å². The summed E-state index contributed by atoms with van der Waals surface area (Å²) >= 11 is 0. The second kappa shape index (κ2) is 12.1. The minimum Gasteiger partial charge on any atom is -0.484 e. The molecule has 1 aromatic rings. The molecule has 0 aromatic heterocycles. The predicted octanol–water partition coefficient (Wildman–Crippen LogP) is 1.29. The number of hydrogen-bond acceptors (Lipinski definition) is 4. The van der Waals surface area contributed by atoms with E-state index in [2.05, 4.69) is 20.9 Å². The highest BCUT2D eigenvalue weighted by atomic mass is 16.5. The topological polar surface area (TPSA) is 84.0 Å². The number of ether oxygens (including phenoxy) is 2. The molecular weight excluding hydrogens is 320 g/mol. The fraction of sp³-hybridized carbons (Fsp3) is 0.556. The Balaban J connectivity index is 2.63. The Bertz CT molecular complexity index is 549. The number of nitrogens with zero attached hydrogens (tertiary/aromatic N) is 1.